The van der Waals surface area contributed by atoms with Gasteiger partial charge in [0.2, 0.25) is 5.90 Å². The normalized spacial score (nSPS) is 17.9. The molecule has 1 atom stereocenters. The monoisotopic (exact) mass is 411 g/mol. The Balaban J connectivity index is 2.02. The third kappa shape index (κ3) is 3.80. The lowest BCUT2D eigenvalue weighted by atomic mass is 9.80. The summed E-state index contributed by atoms with van der Waals surface area (Å²) in [5.74, 6) is 0.103. The number of esters is 1. The molecule has 0 saturated carbocycles. The Morgan fingerprint density at radius 1 is 1.13 bits per heavy atom. The second kappa shape index (κ2) is 8.44. The van der Waals surface area contributed by atoms with Crippen LogP contribution in [0.3, 0.4) is 0 Å². The van der Waals surface area contributed by atoms with E-state index in [9.17, 15) is 9.59 Å². The minimum absolute atomic E-state index is 0.176. The van der Waals surface area contributed by atoms with E-state index in [0.29, 0.717) is 22.9 Å². The molecule has 0 radical (unpaired) electrons. The molecule has 2 aromatic rings. The number of cyclic esters (lactones) is 1. The maximum Gasteiger partial charge on any atom is 0.425 e. The molecule has 3 rings (SSSR count). The third-order valence-corrected chi connectivity index (χ3v) is 5.04. The fourth-order valence-electron chi connectivity index (χ4n) is 3.30. The molecule has 158 valence electrons. The summed E-state index contributed by atoms with van der Waals surface area (Å²) in [5.41, 5.74) is 6.87. The van der Waals surface area contributed by atoms with Gasteiger partial charge >= 0.3 is 12.1 Å². The molecular weight excluding hydrogens is 386 g/mol. The van der Waals surface area contributed by atoms with Crippen LogP contribution >= 0.6 is 0 Å². The third-order valence-electron chi connectivity index (χ3n) is 5.04. The van der Waals surface area contributed by atoms with Gasteiger partial charge in [0.15, 0.2) is 5.54 Å². The Kier molecular flexibility index (Phi) is 5.96. The van der Waals surface area contributed by atoms with Crippen LogP contribution < -0.4 is 15.6 Å². The standard InChI is InChI=1S/C22H25N3O5/c1-13(2)22(20(26)30-19(23-22)15-8-6-14(3)7-9-15)16-10-11-17(18(12-16)28-4)24-25-21(27)29-5/h6-13,24H,1-5H3,(H,25,27)/t22-/m1/s1. The first kappa shape index (κ1) is 21.2. The first-order valence-corrected chi connectivity index (χ1v) is 9.49. The molecule has 0 aliphatic carbocycles. The zero-order valence-corrected chi connectivity index (χ0v) is 17.6. The van der Waals surface area contributed by atoms with Crippen LogP contribution in [0.2, 0.25) is 0 Å². The van der Waals surface area contributed by atoms with Gasteiger partial charge in [0.1, 0.15) is 5.75 Å². The van der Waals surface area contributed by atoms with E-state index in [-0.39, 0.29) is 5.92 Å². The number of carbonyl (C=O) groups is 2. The molecule has 1 amide bonds. The van der Waals surface area contributed by atoms with E-state index in [1.165, 1.54) is 14.2 Å². The number of hydrazine groups is 1. The van der Waals surface area contributed by atoms with Gasteiger partial charge in [-0.25, -0.2) is 20.0 Å². The molecule has 0 spiro atoms. The Labute approximate surface area is 175 Å². The molecule has 0 unspecified atom stereocenters. The van der Waals surface area contributed by atoms with Crippen LogP contribution in [-0.4, -0.2) is 32.2 Å². The topological polar surface area (TPSA) is 98.3 Å². The zero-order chi connectivity index (χ0) is 21.9. The zero-order valence-electron chi connectivity index (χ0n) is 17.6. The molecule has 0 saturated heterocycles. The van der Waals surface area contributed by atoms with Gasteiger partial charge < -0.3 is 14.2 Å². The van der Waals surface area contributed by atoms with Gasteiger partial charge in [-0.05, 0) is 42.7 Å². The highest BCUT2D eigenvalue weighted by molar-refractivity contribution is 6.08. The number of carbonyl (C=O) groups excluding carboxylic acids is 2. The number of amides is 1. The molecule has 0 fully saturated rings. The minimum atomic E-state index is -1.21. The summed E-state index contributed by atoms with van der Waals surface area (Å²) in [6.07, 6.45) is -0.647. The summed E-state index contributed by atoms with van der Waals surface area (Å²) in [6.45, 7) is 5.82. The predicted molar refractivity (Wildman–Crippen MR) is 112 cm³/mol. The fraction of sp³-hybridized carbons (Fsp3) is 0.318. The van der Waals surface area contributed by atoms with Crippen LogP contribution in [-0.2, 0) is 19.8 Å². The molecule has 0 aromatic heterocycles. The number of nitrogens with one attached hydrogen (secondary N) is 2. The Hall–Kier alpha value is -3.55. The van der Waals surface area contributed by atoms with Gasteiger partial charge in [-0.1, -0.05) is 37.6 Å². The minimum Gasteiger partial charge on any atom is -0.495 e. The lowest BCUT2D eigenvalue weighted by Crippen LogP contribution is -2.36. The van der Waals surface area contributed by atoms with Crippen molar-refractivity contribution in [1.82, 2.24) is 5.43 Å². The van der Waals surface area contributed by atoms with E-state index in [2.05, 4.69) is 15.6 Å². The molecule has 2 N–H and O–H groups in total. The van der Waals surface area contributed by atoms with Crippen molar-refractivity contribution in [3.8, 4) is 5.75 Å². The molecule has 1 aliphatic heterocycles. The maximum absolute atomic E-state index is 13.1. The van der Waals surface area contributed by atoms with Gasteiger partial charge in [0.05, 0.1) is 19.9 Å². The smallest absolute Gasteiger partial charge is 0.425 e. The van der Waals surface area contributed by atoms with E-state index in [1.807, 2.05) is 45.0 Å². The van der Waals surface area contributed by atoms with Crippen LogP contribution in [0.15, 0.2) is 47.5 Å². The summed E-state index contributed by atoms with van der Waals surface area (Å²) in [7, 11) is 2.76. The Bertz CT molecular complexity index is 985. The highest BCUT2D eigenvalue weighted by atomic mass is 16.6. The van der Waals surface area contributed by atoms with E-state index >= 15 is 0 Å². The Morgan fingerprint density at radius 2 is 1.83 bits per heavy atom. The van der Waals surface area contributed by atoms with Crippen molar-refractivity contribution in [2.24, 2.45) is 10.9 Å². The van der Waals surface area contributed by atoms with Crippen molar-refractivity contribution in [2.45, 2.75) is 26.3 Å². The number of ether oxygens (including phenoxy) is 3. The van der Waals surface area contributed by atoms with E-state index in [0.717, 1.165) is 11.1 Å². The number of methoxy groups -OCH3 is 2. The number of aliphatic imine (C=N–C) groups is 1. The average Bonchev–Trinajstić information content (AvgIpc) is 3.10. The van der Waals surface area contributed by atoms with Crippen LogP contribution in [0.4, 0.5) is 10.5 Å². The number of nitrogens with zero attached hydrogens (tertiary/aromatic N) is 1. The van der Waals surface area contributed by atoms with Crippen molar-refractivity contribution in [3.63, 3.8) is 0 Å². The van der Waals surface area contributed by atoms with E-state index in [4.69, 9.17) is 14.5 Å². The molecule has 1 heterocycles. The van der Waals surface area contributed by atoms with Crippen LogP contribution in [0.1, 0.15) is 30.5 Å². The van der Waals surface area contributed by atoms with E-state index < -0.39 is 17.6 Å². The maximum atomic E-state index is 13.1. The molecular formula is C22H25N3O5. The SMILES string of the molecule is COC(=O)NNc1ccc([C@@]2(C(C)C)N=C(c3ccc(C)cc3)OC2=O)cc1OC. The van der Waals surface area contributed by atoms with Crippen molar-refractivity contribution in [2.75, 3.05) is 19.6 Å². The molecule has 2 aromatic carbocycles. The van der Waals surface area contributed by atoms with Gasteiger partial charge in [-0.3, -0.25) is 5.43 Å². The van der Waals surface area contributed by atoms with Gasteiger partial charge in [-0.15, -0.1) is 0 Å². The number of rotatable bonds is 6. The van der Waals surface area contributed by atoms with Crippen molar-refractivity contribution in [3.05, 3.63) is 59.2 Å². The number of hydrogen-bond donors (Lipinski definition) is 2. The Morgan fingerprint density at radius 3 is 2.43 bits per heavy atom. The highest BCUT2D eigenvalue weighted by Gasteiger charge is 2.50. The van der Waals surface area contributed by atoms with Crippen molar-refractivity contribution in [1.29, 1.82) is 0 Å². The van der Waals surface area contributed by atoms with E-state index in [1.54, 1.807) is 18.2 Å². The van der Waals surface area contributed by atoms with Gasteiger partial charge in [0.25, 0.3) is 0 Å². The summed E-state index contributed by atoms with van der Waals surface area (Å²) in [5, 5.41) is 0. The average molecular weight is 411 g/mol. The molecule has 8 nitrogen and oxygen atoms in total. The summed E-state index contributed by atoms with van der Waals surface area (Å²) < 4.78 is 15.6. The number of benzene rings is 2. The fourth-order valence-corrected chi connectivity index (χ4v) is 3.30. The van der Waals surface area contributed by atoms with Crippen LogP contribution in [0.5, 0.6) is 5.75 Å². The van der Waals surface area contributed by atoms with Crippen molar-refractivity contribution < 1.29 is 23.8 Å². The summed E-state index contributed by atoms with van der Waals surface area (Å²) in [6, 6.07) is 12.8. The largest absolute Gasteiger partial charge is 0.495 e. The second-order valence-electron chi connectivity index (χ2n) is 7.25. The lowest BCUT2D eigenvalue weighted by molar-refractivity contribution is -0.141. The first-order valence-electron chi connectivity index (χ1n) is 9.49. The van der Waals surface area contributed by atoms with Crippen molar-refractivity contribution >= 4 is 23.6 Å². The summed E-state index contributed by atoms with van der Waals surface area (Å²) in [4.78, 5) is 29.1. The van der Waals surface area contributed by atoms with Gasteiger partial charge in [-0.2, -0.15) is 0 Å². The predicted octanol–water partition coefficient (Wildman–Crippen LogP) is 3.54. The number of hydrogen-bond acceptors (Lipinski definition) is 7. The first-order chi connectivity index (χ1) is 14.3. The molecule has 30 heavy (non-hydrogen) atoms. The van der Waals surface area contributed by atoms with Gasteiger partial charge in [0, 0.05) is 5.56 Å². The summed E-state index contributed by atoms with van der Waals surface area (Å²) >= 11 is 0. The molecule has 0 bridgehead atoms. The lowest BCUT2D eigenvalue weighted by Gasteiger charge is -2.27. The quantitative estimate of drug-likeness (QED) is 0.557. The highest BCUT2D eigenvalue weighted by Crippen LogP contribution is 2.42. The number of anilines is 1. The van der Waals surface area contributed by atoms with Crippen LogP contribution in [0.25, 0.3) is 0 Å². The second-order valence-corrected chi connectivity index (χ2v) is 7.25. The number of aryl methyl sites for hydroxylation is 1. The molecule has 1 aliphatic rings. The molecule has 8 heteroatoms. The van der Waals surface area contributed by atoms with Crippen LogP contribution in [0, 0.1) is 12.8 Å².